The minimum absolute atomic E-state index is 0.0395. The Morgan fingerprint density at radius 1 is 1.32 bits per heavy atom. The van der Waals surface area contributed by atoms with Gasteiger partial charge in [-0.25, -0.2) is 13.8 Å². The topological polar surface area (TPSA) is 64.2 Å². The van der Waals surface area contributed by atoms with Gasteiger partial charge in [0.05, 0.1) is 10.2 Å². The van der Waals surface area contributed by atoms with Gasteiger partial charge in [0, 0.05) is 18.7 Å². The zero-order valence-corrected chi connectivity index (χ0v) is 14.3. The van der Waals surface area contributed by atoms with Crippen LogP contribution in [0.4, 0.5) is 17.6 Å². The summed E-state index contributed by atoms with van der Waals surface area (Å²) in [6.45, 7) is 3.43. The highest BCUT2D eigenvalue weighted by atomic mass is 79.9. The lowest BCUT2D eigenvalue weighted by Gasteiger charge is -2.17. The average Bonchev–Trinajstić information content (AvgIpc) is 2.50. The maximum atomic E-state index is 14.4. The molecule has 25 heavy (non-hydrogen) atoms. The van der Waals surface area contributed by atoms with E-state index >= 15 is 0 Å². The first-order chi connectivity index (χ1) is 11.5. The molecular formula is C15H11BrF4N2O3. The lowest BCUT2D eigenvalue weighted by atomic mass is 10.1. The van der Waals surface area contributed by atoms with Crippen molar-refractivity contribution in [2.75, 3.05) is 0 Å². The Hall–Kier alpha value is -2.36. The van der Waals surface area contributed by atoms with Crippen molar-refractivity contribution < 1.29 is 22.7 Å². The molecule has 0 saturated carbocycles. The molecule has 0 radical (unpaired) electrons. The van der Waals surface area contributed by atoms with Crippen LogP contribution in [0.2, 0.25) is 0 Å². The van der Waals surface area contributed by atoms with Crippen LogP contribution in [0.1, 0.15) is 11.3 Å². The molecule has 134 valence electrons. The van der Waals surface area contributed by atoms with Gasteiger partial charge >= 0.3 is 11.9 Å². The van der Waals surface area contributed by atoms with Crippen molar-refractivity contribution in [3.8, 4) is 11.4 Å². The van der Waals surface area contributed by atoms with Gasteiger partial charge in [0.1, 0.15) is 17.3 Å². The quantitative estimate of drug-likeness (QED) is 0.610. The molecule has 2 aromatic rings. The molecule has 0 amide bonds. The third-order valence-corrected chi connectivity index (χ3v) is 4.06. The van der Waals surface area contributed by atoms with E-state index in [0.717, 1.165) is 13.1 Å². The van der Waals surface area contributed by atoms with Crippen molar-refractivity contribution in [2.24, 2.45) is 7.05 Å². The van der Waals surface area contributed by atoms with E-state index in [2.05, 4.69) is 22.5 Å². The van der Waals surface area contributed by atoms with Crippen LogP contribution >= 0.6 is 15.9 Å². The third-order valence-electron chi connectivity index (χ3n) is 3.46. The Labute approximate surface area is 146 Å². The van der Waals surface area contributed by atoms with Crippen LogP contribution in [0, 0.1) is 5.82 Å². The number of halogens is 5. The van der Waals surface area contributed by atoms with Gasteiger partial charge in [-0.3, -0.25) is 9.36 Å². The van der Waals surface area contributed by atoms with E-state index < -0.39 is 40.4 Å². The molecule has 1 N–H and O–H groups in total. The first-order valence-corrected chi connectivity index (χ1v) is 7.51. The van der Waals surface area contributed by atoms with Crippen molar-refractivity contribution in [3.05, 3.63) is 67.2 Å². The van der Waals surface area contributed by atoms with Gasteiger partial charge in [-0.1, -0.05) is 6.08 Å². The molecule has 0 spiro atoms. The van der Waals surface area contributed by atoms with Crippen LogP contribution in [0.5, 0.6) is 5.75 Å². The Bertz CT molecular complexity index is 977. The molecule has 5 nitrogen and oxygen atoms in total. The predicted molar refractivity (Wildman–Crippen MR) is 85.5 cm³/mol. The molecule has 1 aromatic carbocycles. The van der Waals surface area contributed by atoms with Crippen LogP contribution < -0.4 is 11.2 Å². The molecule has 10 heteroatoms. The standard InChI is InChI=1S/C15H11BrF4N2O3/c1-3-4-7-12(9(17)5-8(16)13(7)24)22-11(23)6-10(15(18,19)20)21(2)14(22)25/h3,5-6,24H,1,4H2,2H3. The van der Waals surface area contributed by atoms with Crippen LogP contribution in [0.15, 0.2) is 38.8 Å². The number of benzene rings is 1. The number of allylic oxidation sites excluding steroid dienone is 1. The van der Waals surface area contributed by atoms with Gasteiger partial charge in [-0.2, -0.15) is 13.2 Å². The summed E-state index contributed by atoms with van der Waals surface area (Å²) in [6.07, 6.45) is -3.78. The first kappa shape index (κ1) is 19.0. The van der Waals surface area contributed by atoms with Crippen LogP contribution in [-0.2, 0) is 19.6 Å². The predicted octanol–water partition coefficient (Wildman–Crippen LogP) is 2.89. The number of phenols is 1. The summed E-state index contributed by atoms with van der Waals surface area (Å²) >= 11 is 2.92. The molecule has 0 unspecified atom stereocenters. The fourth-order valence-corrected chi connectivity index (χ4v) is 2.77. The highest BCUT2D eigenvalue weighted by Crippen LogP contribution is 2.34. The van der Waals surface area contributed by atoms with E-state index in [-0.39, 0.29) is 31.7 Å². The number of rotatable bonds is 3. The Kier molecular flexibility index (Phi) is 4.94. The summed E-state index contributed by atoms with van der Waals surface area (Å²) in [6, 6.07) is 0.998. The Morgan fingerprint density at radius 2 is 1.92 bits per heavy atom. The number of phenolic OH excluding ortho intramolecular Hbond substituents is 1. The average molecular weight is 423 g/mol. The zero-order valence-electron chi connectivity index (χ0n) is 12.7. The number of aromatic nitrogens is 2. The van der Waals surface area contributed by atoms with Gasteiger partial charge in [0.2, 0.25) is 0 Å². The highest BCUT2D eigenvalue weighted by Gasteiger charge is 2.35. The fraction of sp³-hybridized carbons (Fsp3) is 0.200. The lowest BCUT2D eigenvalue weighted by molar-refractivity contribution is -0.144. The van der Waals surface area contributed by atoms with E-state index in [9.17, 15) is 32.3 Å². The van der Waals surface area contributed by atoms with E-state index in [1.165, 1.54) is 6.08 Å². The van der Waals surface area contributed by atoms with Gasteiger partial charge in [0.25, 0.3) is 5.56 Å². The van der Waals surface area contributed by atoms with Crippen LogP contribution in [-0.4, -0.2) is 14.2 Å². The summed E-state index contributed by atoms with van der Waals surface area (Å²) in [5.41, 5.74) is -5.03. The number of nitrogens with zero attached hydrogens (tertiary/aromatic N) is 2. The van der Waals surface area contributed by atoms with Crippen molar-refractivity contribution in [3.63, 3.8) is 0 Å². The number of aromatic hydroxyl groups is 1. The van der Waals surface area contributed by atoms with Gasteiger partial charge < -0.3 is 5.11 Å². The normalized spacial score (nSPS) is 11.6. The molecule has 0 aliphatic carbocycles. The summed E-state index contributed by atoms with van der Waals surface area (Å²) < 4.78 is 53.5. The molecule has 1 heterocycles. The van der Waals surface area contributed by atoms with Gasteiger partial charge in [0.15, 0.2) is 0 Å². The number of alkyl halides is 3. The molecule has 0 aliphatic heterocycles. The third kappa shape index (κ3) is 3.26. The molecule has 1 aromatic heterocycles. The molecule has 2 rings (SSSR count). The number of hydrogen-bond donors (Lipinski definition) is 1. The second kappa shape index (κ2) is 6.51. The maximum absolute atomic E-state index is 14.4. The molecular weight excluding hydrogens is 412 g/mol. The SMILES string of the molecule is C=CCc1c(O)c(Br)cc(F)c1-n1c(=O)cc(C(F)(F)F)n(C)c1=O. The second-order valence-corrected chi connectivity index (χ2v) is 5.91. The minimum Gasteiger partial charge on any atom is -0.506 e. The van der Waals surface area contributed by atoms with Crippen molar-refractivity contribution in [1.82, 2.24) is 9.13 Å². The molecule has 0 saturated heterocycles. The summed E-state index contributed by atoms with van der Waals surface area (Å²) in [4.78, 5) is 24.4. The first-order valence-electron chi connectivity index (χ1n) is 6.72. The molecule has 0 atom stereocenters. The largest absolute Gasteiger partial charge is 0.506 e. The highest BCUT2D eigenvalue weighted by molar-refractivity contribution is 9.10. The summed E-state index contributed by atoms with van der Waals surface area (Å²) in [5, 5.41) is 10.1. The maximum Gasteiger partial charge on any atom is 0.431 e. The fourth-order valence-electron chi connectivity index (χ4n) is 2.33. The molecule has 0 fully saturated rings. The van der Waals surface area contributed by atoms with Crippen molar-refractivity contribution in [1.29, 1.82) is 0 Å². The smallest absolute Gasteiger partial charge is 0.431 e. The molecule has 0 aliphatic rings. The second-order valence-electron chi connectivity index (χ2n) is 5.05. The number of hydrogen-bond acceptors (Lipinski definition) is 3. The van der Waals surface area contributed by atoms with Crippen LogP contribution in [0.25, 0.3) is 5.69 Å². The van der Waals surface area contributed by atoms with Crippen molar-refractivity contribution >= 4 is 15.9 Å². The minimum atomic E-state index is -4.93. The van der Waals surface area contributed by atoms with E-state index in [1.807, 2.05) is 0 Å². The lowest BCUT2D eigenvalue weighted by Crippen LogP contribution is -2.41. The van der Waals surface area contributed by atoms with Gasteiger partial charge in [-0.15, -0.1) is 6.58 Å². The van der Waals surface area contributed by atoms with E-state index in [1.54, 1.807) is 0 Å². The van der Waals surface area contributed by atoms with Crippen LogP contribution in [0.3, 0.4) is 0 Å². The van der Waals surface area contributed by atoms with Gasteiger partial charge in [-0.05, 0) is 28.4 Å². The van der Waals surface area contributed by atoms with Crippen molar-refractivity contribution in [2.45, 2.75) is 12.6 Å². The Morgan fingerprint density at radius 3 is 2.44 bits per heavy atom. The molecule has 0 bridgehead atoms. The monoisotopic (exact) mass is 422 g/mol. The summed E-state index contributed by atoms with van der Waals surface area (Å²) in [7, 11) is 0.810. The van der Waals surface area contributed by atoms with E-state index in [0.29, 0.717) is 0 Å². The summed E-state index contributed by atoms with van der Waals surface area (Å²) in [5.74, 6) is -1.52. The Balaban J connectivity index is 2.97. The van der Waals surface area contributed by atoms with E-state index in [4.69, 9.17) is 0 Å². The zero-order chi connectivity index (χ0) is 19.1.